The summed E-state index contributed by atoms with van der Waals surface area (Å²) in [5.74, 6) is 2.65. The van der Waals surface area contributed by atoms with Crippen molar-refractivity contribution in [2.24, 2.45) is 13.0 Å². The van der Waals surface area contributed by atoms with Crippen LogP contribution in [0, 0.1) is 5.92 Å². The van der Waals surface area contributed by atoms with Gasteiger partial charge in [0.25, 0.3) is 0 Å². The topological polar surface area (TPSA) is 55.2 Å². The van der Waals surface area contributed by atoms with Crippen LogP contribution in [-0.2, 0) is 13.5 Å². The average molecular weight is 392 g/mol. The Balaban J connectivity index is 1.29. The Morgan fingerprint density at radius 2 is 2.03 bits per heavy atom. The van der Waals surface area contributed by atoms with Gasteiger partial charge in [-0.3, -0.25) is 0 Å². The van der Waals surface area contributed by atoms with E-state index in [4.69, 9.17) is 4.74 Å². The standard InChI is InChI=1S/C23H29N5O/c1-27-13-15(7-8-24-23-25-11-17(29-3)12-26-23)9-19-18-5-4-6-20-22(18)16(10-21(19)27)14-28(20)2/h4-6,11-12,14-15,19,21H,7-10,13H2,1-3H3,(H,24,25,26)/t15-,19-,21-/m1/s1. The molecule has 29 heavy (non-hydrogen) atoms. The van der Waals surface area contributed by atoms with E-state index in [0.29, 0.717) is 29.6 Å². The van der Waals surface area contributed by atoms with Gasteiger partial charge in [-0.25, -0.2) is 9.97 Å². The third-order valence-corrected chi connectivity index (χ3v) is 6.82. The minimum atomic E-state index is 0.615. The number of rotatable bonds is 5. The van der Waals surface area contributed by atoms with Crippen molar-refractivity contribution < 1.29 is 4.74 Å². The number of hydrogen-bond donors (Lipinski definition) is 1. The fourth-order valence-corrected chi connectivity index (χ4v) is 5.44. The highest BCUT2D eigenvalue weighted by Gasteiger charge is 2.39. The lowest BCUT2D eigenvalue weighted by Gasteiger charge is -2.45. The predicted molar refractivity (Wildman–Crippen MR) is 116 cm³/mol. The van der Waals surface area contributed by atoms with Crippen LogP contribution in [0.5, 0.6) is 5.75 Å². The normalized spacial score (nSPS) is 23.8. The molecular weight excluding hydrogens is 362 g/mol. The van der Waals surface area contributed by atoms with Gasteiger partial charge in [0.1, 0.15) is 0 Å². The number of fused-ring (bicyclic) bond motifs is 2. The number of anilines is 1. The molecular formula is C23H29N5O. The molecule has 1 aliphatic heterocycles. The van der Waals surface area contributed by atoms with Crippen molar-refractivity contribution >= 4 is 16.9 Å². The summed E-state index contributed by atoms with van der Waals surface area (Å²) < 4.78 is 7.41. The number of hydrogen-bond acceptors (Lipinski definition) is 5. The molecule has 3 atom stereocenters. The van der Waals surface area contributed by atoms with Gasteiger partial charge in [0.15, 0.2) is 5.75 Å². The van der Waals surface area contributed by atoms with Crippen molar-refractivity contribution in [1.82, 2.24) is 19.4 Å². The van der Waals surface area contributed by atoms with Crippen molar-refractivity contribution in [3.8, 4) is 5.75 Å². The number of likely N-dealkylation sites (N-methyl/N-ethyl adjacent to an activating group) is 1. The molecule has 152 valence electrons. The van der Waals surface area contributed by atoms with Crippen LogP contribution in [-0.4, -0.2) is 52.7 Å². The molecule has 1 aromatic carbocycles. The highest BCUT2D eigenvalue weighted by Crippen LogP contribution is 2.45. The lowest BCUT2D eigenvalue weighted by Crippen LogP contribution is -2.48. The summed E-state index contributed by atoms with van der Waals surface area (Å²) in [7, 11) is 6.10. The molecule has 0 radical (unpaired) electrons. The molecule has 1 fully saturated rings. The molecule has 2 aromatic heterocycles. The lowest BCUT2D eigenvalue weighted by molar-refractivity contribution is 0.109. The monoisotopic (exact) mass is 391 g/mol. The number of benzene rings is 1. The largest absolute Gasteiger partial charge is 0.494 e. The number of likely N-dealkylation sites (tertiary alicyclic amines) is 1. The van der Waals surface area contributed by atoms with E-state index >= 15 is 0 Å². The van der Waals surface area contributed by atoms with E-state index < -0.39 is 0 Å². The van der Waals surface area contributed by atoms with Crippen LogP contribution in [0.2, 0.25) is 0 Å². The first kappa shape index (κ1) is 18.4. The fraction of sp³-hybridized carbons (Fsp3) is 0.478. The van der Waals surface area contributed by atoms with Gasteiger partial charge in [0.05, 0.1) is 19.5 Å². The van der Waals surface area contributed by atoms with Crippen LogP contribution in [0.4, 0.5) is 5.95 Å². The minimum Gasteiger partial charge on any atom is -0.494 e. The van der Waals surface area contributed by atoms with E-state index in [1.807, 2.05) is 0 Å². The zero-order valence-electron chi connectivity index (χ0n) is 17.4. The average Bonchev–Trinajstić information content (AvgIpc) is 3.06. The molecule has 5 rings (SSSR count). The van der Waals surface area contributed by atoms with Gasteiger partial charge in [-0.1, -0.05) is 12.1 Å². The molecule has 6 nitrogen and oxygen atoms in total. The Labute approximate surface area is 171 Å². The molecule has 0 unspecified atom stereocenters. The van der Waals surface area contributed by atoms with Crippen LogP contribution < -0.4 is 10.1 Å². The van der Waals surface area contributed by atoms with Crippen LogP contribution in [0.25, 0.3) is 10.9 Å². The van der Waals surface area contributed by atoms with Crippen molar-refractivity contribution in [3.05, 3.63) is 47.9 Å². The van der Waals surface area contributed by atoms with Gasteiger partial charge in [-0.05, 0) is 49.4 Å². The Kier molecular flexibility index (Phi) is 4.66. The lowest BCUT2D eigenvalue weighted by atomic mass is 9.72. The maximum absolute atomic E-state index is 5.12. The number of aromatic nitrogens is 3. The number of ether oxygens (including phenoxy) is 1. The molecule has 0 saturated carbocycles. The Hall–Kier alpha value is -2.60. The Morgan fingerprint density at radius 3 is 2.83 bits per heavy atom. The van der Waals surface area contributed by atoms with Gasteiger partial charge >= 0.3 is 0 Å². The summed E-state index contributed by atoms with van der Waals surface area (Å²) >= 11 is 0. The van der Waals surface area contributed by atoms with E-state index in [9.17, 15) is 0 Å². The molecule has 1 N–H and O–H groups in total. The SMILES string of the molecule is COc1cnc(NCC[C@@H]2C[C@@H]3c4cccc5c4c(cn5C)C[C@H]3N(C)C2)nc1. The molecule has 0 bridgehead atoms. The van der Waals surface area contributed by atoms with Crippen LogP contribution in [0.1, 0.15) is 29.9 Å². The minimum absolute atomic E-state index is 0.615. The quantitative estimate of drug-likeness (QED) is 0.722. The first-order valence-corrected chi connectivity index (χ1v) is 10.5. The van der Waals surface area contributed by atoms with Crippen molar-refractivity contribution in [2.45, 2.75) is 31.2 Å². The van der Waals surface area contributed by atoms with Gasteiger partial charge < -0.3 is 19.5 Å². The second-order valence-electron chi connectivity index (χ2n) is 8.59. The summed E-state index contributed by atoms with van der Waals surface area (Å²) in [4.78, 5) is 11.2. The summed E-state index contributed by atoms with van der Waals surface area (Å²) in [6.07, 6.45) is 9.29. The van der Waals surface area contributed by atoms with E-state index in [2.05, 4.69) is 63.2 Å². The number of methoxy groups -OCH3 is 1. The zero-order valence-corrected chi connectivity index (χ0v) is 17.4. The summed E-state index contributed by atoms with van der Waals surface area (Å²) in [5.41, 5.74) is 4.44. The highest BCUT2D eigenvalue weighted by atomic mass is 16.5. The molecule has 0 amide bonds. The second-order valence-corrected chi connectivity index (χ2v) is 8.59. The van der Waals surface area contributed by atoms with Crippen LogP contribution in [0.15, 0.2) is 36.8 Å². The van der Waals surface area contributed by atoms with Gasteiger partial charge in [0.2, 0.25) is 5.95 Å². The van der Waals surface area contributed by atoms with E-state index in [1.165, 1.54) is 29.3 Å². The molecule has 0 spiro atoms. The number of nitrogens with one attached hydrogen (secondary N) is 1. The molecule has 6 heteroatoms. The smallest absolute Gasteiger partial charge is 0.222 e. The molecule has 3 aromatic rings. The van der Waals surface area contributed by atoms with Gasteiger partial charge in [-0.15, -0.1) is 0 Å². The maximum atomic E-state index is 5.12. The fourth-order valence-electron chi connectivity index (χ4n) is 5.44. The van der Waals surface area contributed by atoms with E-state index in [0.717, 1.165) is 19.5 Å². The third kappa shape index (κ3) is 3.25. The van der Waals surface area contributed by atoms with Gasteiger partial charge in [0, 0.05) is 49.2 Å². The van der Waals surface area contributed by atoms with Crippen molar-refractivity contribution in [2.75, 3.05) is 32.6 Å². The van der Waals surface area contributed by atoms with Crippen LogP contribution in [0.3, 0.4) is 0 Å². The van der Waals surface area contributed by atoms with Crippen molar-refractivity contribution in [3.63, 3.8) is 0 Å². The molecule has 1 aliphatic carbocycles. The summed E-state index contributed by atoms with van der Waals surface area (Å²) in [5, 5.41) is 4.88. The summed E-state index contributed by atoms with van der Waals surface area (Å²) in [6, 6.07) is 7.47. The zero-order chi connectivity index (χ0) is 20.0. The van der Waals surface area contributed by atoms with Crippen LogP contribution >= 0.6 is 0 Å². The first-order chi connectivity index (χ1) is 14.1. The van der Waals surface area contributed by atoms with E-state index in [-0.39, 0.29) is 0 Å². The number of nitrogens with zero attached hydrogens (tertiary/aromatic N) is 4. The number of aryl methyl sites for hydroxylation is 1. The predicted octanol–water partition coefficient (Wildman–Crippen LogP) is 3.44. The second kappa shape index (κ2) is 7.34. The van der Waals surface area contributed by atoms with Crippen molar-refractivity contribution in [1.29, 1.82) is 0 Å². The Morgan fingerprint density at radius 1 is 1.21 bits per heavy atom. The van der Waals surface area contributed by atoms with Gasteiger partial charge in [-0.2, -0.15) is 0 Å². The molecule has 2 aliphatic rings. The molecule has 1 saturated heterocycles. The third-order valence-electron chi connectivity index (χ3n) is 6.82. The first-order valence-electron chi connectivity index (χ1n) is 10.5. The number of piperidine rings is 1. The summed E-state index contributed by atoms with van der Waals surface area (Å²) in [6.45, 7) is 2.05. The van der Waals surface area contributed by atoms with E-state index in [1.54, 1.807) is 25.1 Å². The molecule has 3 heterocycles. The Bertz CT molecular complexity index is 1010. The highest BCUT2D eigenvalue weighted by molar-refractivity contribution is 5.89. The maximum Gasteiger partial charge on any atom is 0.222 e.